The van der Waals surface area contributed by atoms with Crippen LogP contribution in [0.1, 0.15) is 38.2 Å². The van der Waals surface area contributed by atoms with E-state index < -0.39 is 0 Å². The Bertz CT molecular complexity index is 500. The number of hydrogen-bond acceptors (Lipinski definition) is 3. The van der Waals surface area contributed by atoms with Crippen molar-refractivity contribution in [1.82, 2.24) is 0 Å². The zero-order valence-corrected chi connectivity index (χ0v) is 11.1. The fourth-order valence-electron chi connectivity index (χ4n) is 2.36. The van der Waals surface area contributed by atoms with Crippen LogP contribution in [0.25, 0.3) is 5.57 Å². The maximum absolute atomic E-state index is 12.0. The molecule has 3 nitrogen and oxygen atoms in total. The molecule has 19 heavy (non-hydrogen) atoms. The van der Waals surface area contributed by atoms with Crippen LogP contribution in [0.15, 0.2) is 35.9 Å². The summed E-state index contributed by atoms with van der Waals surface area (Å²) in [7, 11) is 0. The highest BCUT2D eigenvalue weighted by molar-refractivity contribution is 6.03. The highest BCUT2D eigenvalue weighted by Crippen LogP contribution is 2.30. The first-order valence-electron chi connectivity index (χ1n) is 6.68. The lowest BCUT2D eigenvalue weighted by molar-refractivity contribution is -0.138. The summed E-state index contributed by atoms with van der Waals surface area (Å²) >= 11 is 0. The molecule has 2 rings (SSSR count). The van der Waals surface area contributed by atoms with Crippen LogP contribution in [0.4, 0.5) is 0 Å². The lowest BCUT2D eigenvalue weighted by atomic mass is 9.96. The SMILES string of the molecule is CCOC(=O)C1=C(c2ccccc2)CC(=O)CCC1. The number of carbonyl (C=O) groups is 2. The van der Waals surface area contributed by atoms with Gasteiger partial charge in [-0.1, -0.05) is 30.3 Å². The summed E-state index contributed by atoms with van der Waals surface area (Å²) in [6.45, 7) is 2.15. The minimum Gasteiger partial charge on any atom is -0.463 e. The van der Waals surface area contributed by atoms with Crippen molar-refractivity contribution >= 4 is 17.3 Å². The molecule has 0 aliphatic heterocycles. The van der Waals surface area contributed by atoms with E-state index in [4.69, 9.17) is 4.74 Å². The summed E-state index contributed by atoms with van der Waals surface area (Å²) in [4.78, 5) is 23.9. The number of ether oxygens (including phenoxy) is 1. The van der Waals surface area contributed by atoms with E-state index in [9.17, 15) is 9.59 Å². The maximum Gasteiger partial charge on any atom is 0.334 e. The summed E-state index contributed by atoms with van der Waals surface area (Å²) in [5.41, 5.74) is 2.45. The van der Waals surface area contributed by atoms with Crippen molar-refractivity contribution in [3.05, 3.63) is 41.5 Å². The molecule has 1 aromatic carbocycles. The van der Waals surface area contributed by atoms with Crippen molar-refractivity contribution in [2.24, 2.45) is 0 Å². The number of allylic oxidation sites excluding steroid dienone is 1. The van der Waals surface area contributed by atoms with Crippen LogP contribution in [0.5, 0.6) is 0 Å². The Kier molecular flexibility index (Phi) is 4.50. The van der Waals surface area contributed by atoms with Gasteiger partial charge in [0.2, 0.25) is 0 Å². The largest absolute Gasteiger partial charge is 0.463 e. The fraction of sp³-hybridized carbons (Fsp3) is 0.375. The molecule has 100 valence electrons. The smallest absolute Gasteiger partial charge is 0.334 e. The van der Waals surface area contributed by atoms with E-state index in [1.165, 1.54) is 0 Å². The van der Waals surface area contributed by atoms with Crippen LogP contribution in [0.2, 0.25) is 0 Å². The van der Waals surface area contributed by atoms with Gasteiger partial charge >= 0.3 is 5.97 Å². The summed E-state index contributed by atoms with van der Waals surface area (Å²) in [5, 5.41) is 0. The number of benzene rings is 1. The third kappa shape index (κ3) is 3.31. The van der Waals surface area contributed by atoms with Gasteiger partial charge in [-0.2, -0.15) is 0 Å². The summed E-state index contributed by atoms with van der Waals surface area (Å²) in [5.74, 6) is -0.0887. The lowest BCUT2D eigenvalue weighted by Gasteiger charge is -2.11. The third-order valence-corrected chi connectivity index (χ3v) is 3.26. The summed E-state index contributed by atoms with van der Waals surface area (Å²) in [6.07, 6.45) is 2.22. The van der Waals surface area contributed by atoms with E-state index in [-0.39, 0.29) is 11.8 Å². The van der Waals surface area contributed by atoms with Gasteiger partial charge in [-0.25, -0.2) is 4.79 Å². The normalized spacial score (nSPS) is 16.2. The Balaban J connectivity index is 2.43. The van der Waals surface area contributed by atoms with Crippen molar-refractivity contribution in [2.75, 3.05) is 6.61 Å². The Morgan fingerprint density at radius 1 is 1.21 bits per heavy atom. The van der Waals surface area contributed by atoms with Crippen LogP contribution in [0, 0.1) is 0 Å². The zero-order chi connectivity index (χ0) is 13.7. The molecule has 0 aromatic heterocycles. The van der Waals surface area contributed by atoms with Crippen LogP contribution < -0.4 is 0 Å². The van der Waals surface area contributed by atoms with E-state index in [1.54, 1.807) is 6.92 Å². The standard InChI is InChI=1S/C16H18O3/c1-2-19-16(18)14-10-6-9-13(17)11-15(14)12-7-4-3-5-8-12/h3-5,7-8H,2,6,9-11H2,1H3. The number of Topliss-reactive ketones (excluding diaryl/α,β-unsaturated/α-hetero) is 1. The predicted molar refractivity (Wildman–Crippen MR) is 73.5 cm³/mol. The molecule has 0 atom stereocenters. The predicted octanol–water partition coefficient (Wildman–Crippen LogP) is 3.15. The maximum atomic E-state index is 12.0. The summed E-state index contributed by atoms with van der Waals surface area (Å²) in [6, 6.07) is 9.63. The van der Waals surface area contributed by atoms with Gasteiger partial charge in [0.25, 0.3) is 0 Å². The first-order valence-corrected chi connectivity index (χ1v) is 6.68. The van der Waals surface area contributed by atoms with Crippen molar-refractivity contribution in [1.29, 1.82) is 0 Å². The number of ketones is 1. The monoisotopic (exact) mass is 258 g/mol. The molecule has 0 saturated heterocycles. The Hall–Kier alpha value is -1.90. The molecular weight excluding hydrogens is 240 g/mol. The molecule has 0 saturated carbocycles. The number of carbonyl (C=O) groups excluding carboxylic acids is 2. The third-order valence-electron chi connectivity index (χ3n) is 3.26. The van der Waals surface area contributed by atoms with E-state index in [1.807, 2.05) is 30.3 Å². The van der Waals surface area contributed by atoms with Gasteiger partial charge in [-0.05, 0) is 30.9 Å². The molecule has 0 fully saturated rings. The van der Waals surface area contributed by atoms with Crippen LogP contribution in [0.3, 0.4) is 0 Å². The first-order chi connectivity index (χ1) is 9.22. The van der Waals surface area contributed by atoms with E-state index >= 15 is 0 Å². The number of rotatable bonds is 3. The van der Waals surface area contributed by atoms with Gasteiger partial charge in [-0.15, -0.1) is 0 Å². The molecule has 1 aromatic rings. The molecule has 0 N–H and O–H groups in total. The summed E-state index contributed by atoms with van der Waals surface area (Å²) < 4.78 is 5.12. The average Bonchev–Trinajstić information content (AvgIpc) is 2.62. The van der Waals surface area contributed by atoms with Crippen molar-refractivity contribution in [2.45, 2.75) is 32.6 Å². The van der Waals surface area contributed by atoms with E-state index in [2.05, 4.69) is 0 Å². The van der Waals surface area contributed by atoms with Gasteiger partial charge in [0.1, 0.15) is 5.78 Å². The number of hydrogen-bond donors (Lipinski definition) is 0. The molecule has 0 bridgehead atoms. The topological polar surface area (TPSA) is 43.4 Å². The lowest BCUT2D eigenvalue weighted by Crippen LogP contribution is -2.10. The fourth-order valence-corrected chi connectivity index (χ4v) is 2.36. The van der Waals surface area contributed by atoms with Crippen molar-refractivity contribution in [3.8, 4) is 0 Å². The molecule has 1 aliphatic rings. The second kappa shape index (κ2) is 6.32. The van der Waals surface area contributed by atoms with Crippen LogP contribution >= 0.6 is 0 Å². The van der Waals surface area contributed by atoms with Crippen LogP contribution in [-0.2, 0) is 14.3 Å². The molecule has 1 aliphatic carbocycles. The van der Waals surface area contributed by atoms with Gasteiger partial charge in [-0.3, -0.25) is 4.79 Å². The second-order valence-corrected chi connectivity index (χ2v) is 4.61. The average molecular weight is 258 g/mol. The Morgan fingerprint density at radius 2 is 1.95 bits per heavy atom. The van der Waals surface area contributed by atoms with E-state index in [0.29, 0.717) is 31.4 Å². The molecule has 0 radical (unpaired) electrons. The Morgan fingerprint density at radius 3 is 2.63 bits per heavy atom. The van der Waals surface area contributed by atoms with E-state index in [0.717, 1.165) is 17.6 Å². The molecule has 3 heteroatoms. The van der Waals surface area contributed by atoms with Crippen molar-refractivity contribution in [3.63, 3.8) is 0 Å². The molecule has 0 spiro atoms. The minimum atomic E-state index is -0.281. The molecule has 0 amide bonds. The molecular formula is C16H18O3. The van der Waals surface area contributed by atoms with Crippen LogP contribution in [-0.4, -0.2) is 18.4 Å². The highest BCUT2D eigenvalue weighted by atomic mass is 16.5. The first kappa shape index (κ1) is 13.5. The van der Waals surface area contributed by atoms with Gasteiger partial charge < -0.3 is 4.74 Å². The van der Waals surface area contributed by atoms with Crippen molar-refractivity contribution < 1.29 is 14.3 Å². The molecule has 0 heterocycles. The zero-order valence-electron chi connectivity index (χ0n) is 11.1. The minimum absolute atomic E-state index is 0.193. The second-order valence-electron chi connectivity index (χ2n) is 4.61. The Labute approximate surface area is 113 Å². The van der Waals surface area contributed by atoms with Gasteiger partial charge in [0.05, 0.1) is 6.61 Å². The molecule has 0 unspecified atom stereocenters. The quantitative estimate of drug-likeness (QED) is 0.782. The van der Waals surface area contributed by atoms with Gasteiger partial charge in [0, 0.05) is 18.4 Å². The highest BCUT2D eigenvalue weighted by Gasteiger charge is 2.23. The van der Waals surface area contributed by atoms with Gasteiger partial charge in [0.15, 0.2) is 0 Å². The number of esters is 1.